The maximum Gasteiger partial charge on any atom is 0.365 e. The molecule has 3 nitrogen and oxygen atoms in total. The van der Waals surface area contributed by atoms with Gasteiger partial charge in [-0.1, -0.05) is 3.89 Å². The first kappa shape index (κ1) is 7.56. The van der Waals surface area contributed by atoms with Gasteiger partial charge >= 0.3 is 10.2 Å². The molecular formula is C4H2ClFO3S. The molecule has 10 heavy (non-hydrogen) atoms. The minimum Gasteiger partial charge on any atom is -0.430 e. The van der Waals surface area contributed by atoms with Gasteiger partial charge in [0.25, 0.3) is 5.09 Å². The van der Waals surface area contributed by atoms with Crippen molar-refractivity contribution < 1.29 is 16.7 Å². The Labute approximate surface area is 61.6 Å². The molecule has 1 heterocycles. The lowest BCUT2D eigenvalue weighted by Crippen LogP contribution is -1.86. The van der Waals surface area contributed by atoms with Gasteiger partial charge in [-0.2, -0.15) is 8.42 Å². The normalized spacial score (nSPS) is 11.8. The van der Waals surface area contributed by atoms with Crippen LogP contribution < -0.4 is 0 Å². The zero-order valence-electron chi connectivity index (χ0n) is 4.54. The highest BCUT2D eigenvalue weighted by Gasteiger charge is 2.15. The Morgan fingerprint density at radius 2 is 2.10 bits per heavy atom. The summed E-state index contributed by atoms with van der Waals surface area (Å²) < 4.78 is 36.3. The van der Waals surface area contributed by atoms with Crippen LogP contribution in [0.2, 0.25) is 5.22 Å². The molecule has 6 heteroatoms. The third-order valence-electron chi connectivity index (χ3n) is 0.789. The van der Waals surface area contributed by atoms with Gasteiger partial charge in [0.15, 0.2) is 5.22 Å². The Balaban J connectivity index is 3.21. The average Bonchev–Trinajstić information content (AvgIpc) is 2.11. The molecule has 0 N–H and O–H groups in total. The first-order valence-electron chi connectivity index (χ1n) is 2.20. The summed E-state index contributed by atoms with van der Waals surface area (Å²) in [6.07, 6.45) is 0. The quantitative estimate of drug-likeness (QED) is 0.623. The largest absolute Gasteiger partial charge is 0.430 e. The number of furan rings is 1. The van der Waals surface area contributed by atoms with Gasteiger partial charge < -0.3 is 4.42 Å². The van der Waals surface area contributed by atoms with E-state index in [2.05, 4.69) is 4.42 Å². The van der Waals surface area contributed by atoms with E-state index in [-0.39, 0.29) is 5.22 Å². The van der Waals surface area contributed by atoms with E-state index in [9.17, 15) is 12.3 Å². The highest BCUT2D eigenvalue weighted by atomic mass is 35.5. The lowest BCUT2D eigenvalue weighted by molar-refractivity contribution is 0.436. The third-order valence-corrected chi connectivity index (χ3v) is 1.69. The van der Waals surface area contributed by atoms with Crippen molar-refractivity contribution in [3.8, 4) is 0 Å². The molecule has 56 valence electrons. The topological polar surface area (TPSA) is 47.3 Å². The third kappa shape index (κ3) is 1.48. The first-order chi connectivity index (χ1) is 4.50. The molecule has 0 aliphatic rings. The highest BCUT2D eigenvalue weighted by molar-refractivity contribution is 7.86. The van der Waals surface area contributed by atoms with Crippen molar-refractivity contribution in [2.75, 3.05) is 0 Å². The molecule has 0 radical (unpaired) electrons. The summed E-state index contributed by atoms with van der Waals surface area (Å²) in [6, 6.07) is 2.09. The fourth-order valence-electron chi connectivity index (χ4n) is 0.429. The molecular weight excluding hydrogens is 183 g/mol. The Morgan fingerprint density at radius 3 is 2.30 bits per heavy atom. The van der Waals surface area contributed by atoms with E-state index < -0.39 is 15.3 Å². The van der Waals surface area contributed by atoms with Crippen LogP contribution >= 0.6 is 11.6 Å². The summed E-state index contributed by atoms with van der Waals surface area (Å²) in [5, 5.41) is -0.922. The van der Waals surface area contributed by atoms with Gasteiger partial charge in [0, 0.05) is 6.07 Å². The smallest absolute Gasteiger partial charge is 0.365 e. The standard InChI is InChI=1S/C4H2ClFO3S/c5-3-1-2-4(9-3)10(6,7)8/h1-2H. The first-order valence-corrected chi connectivity index (χ1v) is 3.96. The summed E-state index contributed by atoms with van der Waals surface area (Å²) in [7, 11) is -4.73. The lowest BCUT2D eigenvalue weighted by Gasteiger charge is -1.82. The van der Waals surface area contributed by atoms with Gasteiger partial charge in [-0.05, 0) is 17.7 Å². The van der Waals surface area contributed by atoms with E-state index >= 15 is 0 Å². The summed E-state index contributed by atoms with van der Waals surface area (Å²) in [5.41, 5.74) is 0. The summed E-state index contributed by atoms with van der Waals surface area (Å²) in [4.78, 5) is 0. The lowest BCUT2D eigenvalue weighted by atomic mass is 10.7. The molecule has 0 aliphatic heterocycles. The Kier molecular flexibility index (Phi) is 1.70. The molecule has 0 aliphatic carbocycles. The zero-order chi connectivity index (χ0) is 7.78. The number of rotatable bonds is 1. The van der Waals surface area contributed by atoms with Crippen LogP contribution in [0.3, 0.4) is 0 Å². The Hall–Kier alpha value is -0.550. The average molecular weight is 185 g/mol. The molecule has 0 bridgehead atoms. The van der Waals surface area contributed by atoms with Crippen LogP contribution in [0.1, 0.15) is 0 Å². The predicted molar refractivity (Wildman–Crippen MR) is 32.0 cm³/mol. The van der Waals surface area contributed by atoms with Gasteiger partial charge in [0.1, 0.15) is 0 Å². The van der Waals surface area contributed by atoms with Crippen LogP contribution in [0.4, 0.5) is 3.89 Å². The maximum atomic E-state index is 12.0. The monoisotopic (exact) mass is 184 g/mol. The molecule has 0 spiro atoms. The maximum absolute atomic E-state index is 12.0. The van der Waals surface area contributed by atoms with Gasteiger partial charge in [-0.3, -0.25) is 0 Å². The number of hydrogen-bond donors (Lipinski definition) is 0. The van der Waals surface area contributed by atoms with Crippen LogP contribution in [0.25, 0.3) is 0 Å². The fraction of sp³-hybridized carbons (Fsp3) is 0. The minimum atomic E-state index is -4.73. The summed E-state index contributed by atoms with van der Waals surface area (Å²) in [5.74, 6) is 0. The Bertz CT molecular complexity index is 328. The molecule has 0 saturated carbocycles. The van der Waals surface area contributed by atoms with E-state index in [0.29, 0.717) is 0 Å². The van der Waals surface area contributed by atoms with Crippen molar-refractivity contribution in [1.82, 2.24) is 0 Å². The second-order valence-corrected chi connectivity index (χ2v) is 3.15. The molecule has 0 aromatic carbocycles. The number of halogens is 2. The van der Waals surface area contributed by atoms with E-state index in [4.69, 9.17) is 11.6 Å². The van der Waals surface area contributed by atoms with Crippen molar-refractivity contribution in [2.45, 2.75) is 5.09 Å². The van der Waals surface area contributed by atoms with E-state index in [1.165, 1.54) is 0 Å². The van der Waals surface area contributed by atoms with E-state index in [1.54, 1.807) is 0 Å². The number of hydrogen-bond acceptors (Lipinski definition) is 3. The van der Waals surface area contributed by atoms with Crippen molar-refractivity contribution in [3.05, 3.63) is 17.4 Å². The summed E-state index contributed by atoms with van der Waals surface area (Å²) >= 11 is 5.17. The van der Waals surface area contributed by atoms with Crippen LogP contribution in [0.5, 0.6) is 0 Å². The fourth-order valence-corrected chi connectivity index (χ4v) is 1.04. The van der Waals surface area contributed by atoms with E-state index in [0.717, 1.165) is 12.1 Å². The van der Waals surface area contributed by atoms with Gasteiger partial charge in [0.05, 0.1) is 0 Å². The molecule has 1 aromatic rings. The molecule has 0 atom stereocenters. The molecule has 0 unspecified atom stereocenters. The predicted octanol–water partition coefficient (Wildman–Crippen LogP) is 1.59. The van der Waals surface area contributed by atoms with Crippen molar-refractivity contribution in [3.63, 3.8) is 0 Å². The SMILES string of the molecule is O=S(=O)(F)c1ccc(Cl)o1. The van der Waals surface area contributed by atoms with Gasteiger partial charge in [-0.15, -0.1) is 0 Å². The zero-order valence-corrected chi connectivity index (χ0v) is 6.12. The van der Waals surface area contributed by atoms with Crippen LogP contribution in [0.15, 0.2) is 21.6 Å². The van der Waals surface area contributed by atoms with Crippen molar-refractivity contribution in [2.24, 2.45) is 0 Å². The molecule has 0 saturated heterocycles. The van der Waals surface area contributed by atoms with Gasteiger partial charge in [0.2, 0.25) is 0 Å². The molecule has 0 amide bonds. The second kappa shape index (κ2) is 2.25. The molecule has 0 fully saturated rings. The van der Waals surface area contributed by atoms with E-state index in [1.807, 2.05) is 0 Å². The van der Waals surface area contributed by atoms with Crippen LogP contribution in [0, 0.1) is 0 Å². The van der Waals surface area contributed by atoms with Crippen LogP contribution in [-0.4, -0.2) is 8.42 Å². The minimum absolute atomic E-state index is 0.156. The highest BCUT2D eigenvalue weighted by Crippen LogP contribution is 2.18. The summed E-state index contributed by atoms with van der Waals surface area (Å²) in [6.45, 7) is 0. The second-order valence-electron chi connectivity index (χ2n) is 1.50. The molecule has 1 rings (SSSR count). The van der Waals surface area contributed by atoms with Crippen molar-refractivity contribution in [1.29, 1.82) is 0 Å². The molecule has 1 aromatic heterocycles. The van der Waals surface area contributed by atoms with Gasteiger partial charge in [-0.25, -0.2) is 0 Å². The van der Waals surface area contributed by atoms with Crippen LogP contribution in [-0.2, 0) is 10.2 Å². The Morgan fingerprint density at radius 1 is 1.50 bits per heavy atom. The van der Waals surface area contributed by atoms with Crippen molar-refractivity contribution >= 4 is 21.8 Å².